The highest BCUT2D eigenvalue weighted by Gasteiger charge is 2.49. The number of hydrogen-bond donors (Lipinski definition) is 1. The summed E-state index contributed by atoms with van der Waals surface area (Å²) in [4.78, 5) is 15.4. The molecule has 2 fully saturated rings. The van der Waals surface area contributed by atoms with Gasteiger partial charge < -0.3 is 29.0 Å². The maximum atomic E-state index is 13.5. The van der Waals surface area contributed by atoms with Gasteiger partial charge in [0.15, 0.2) is 11.5 Å². The maximum Gasteiger partial charge on any atom is 0.247 e. The number of ether oxygens (including phenoxy) is 4. The molecule has 2 aromatic carbocycles. The Bertz CT molecular complexity index is 1040. The molecule has 1 aliphatic heterocycles. The van der Waals surface area contributed by atoms with E-state index >= 15 is 0 Å². The van der Waals surface area contributed by atoms with Gasteiger partial charge in [-0.1, -0.05) is 25.0 Å². The second kappa shape index (κ2) is 10.6. The predicted molar refractivity (Wildman–Crippen MR) is 134 cm³/mol. The summed E-state index contributed by atoms with van der Waals surface area (Å²) in [5.74, 6) is 2.24. The van der Waals surface area contributed by atoms with E-state index in [0.717, 1.165) is 42.6 Å². The number of aliphatic hydroxyl groups is 1. The highest BCUT2D eigenvalue weighted by Crippen LogP contribution is 2.49. The van der Waals surface area contributed by atoms with Crippen LogP contribution in [0.2, 0.25) is 0 Å². The Kier molecular flexibility index (Phi) is 7.55. The SMILES string of the molecule is COc1ccc([C@H]2[C@@H]3CCCC[C@]3(O)CCN2C(=O)/C=C/c2cc(OC)c(OC)c(OC)c2)cc1. The number of hydrogen-bond acceptors (Lipinski definition) is 6. The van der Waals surface area contributed by atoms with Crippen molar-refractivity contribution < 1.29 is 28.8 Å². The monoisotopic (exact) mass is 481 g/mol. The van der Waals surface area contributed by atoms with Crippen molar-refractivity contribution in [3.8, 4) is 23.0 Å². The zero-order chi connectivity index (χ0) is 25.0. The van der Waals surface area contributed by atoms with Crippen LogP contribution >= 0.6 is 0 Å². The molecule has 1 saturated heterocycles. The number of piperidine rings is 1. The summed E-state index contributed by atoms with van der Waals surface area (Å²) < 4.78 is 21.6. The average molecular weight is 482 g/mol. The quantitative estimate of drug-likeness (QED) is 0.581. The van der Waals surface area contributed by atoms with E-state index in [4.69, 9.17) is 18.9 Å². The van der Waals surface area contributed by atoms with Crippen molar-refractivity contribution in [2.45, 2.75) is 43.7 Å². The molecule has 2 aliphatic rings. The second-order valence-electron chi connectivity index (χ2n) is 9.25. The van der Waals surface area contributed by atoms with Gasteiger partial charge in [-0.2, -0.15) is 0 Å². The molecule has 1 N–H and O–H groups in total. The number of amides is 1. The molecule has 1 saturated carbocycles. The molecule has 0 bridgehead atoms. The van der Waals surface area contributed by atoms with E-state index in [1.54, 1.807) is 40.6 Å². The van der Waals surface area contributed by atoms with Crippen LogP contribution in [0.3, 0.4) is 0 Å². The van der Waals surface area contributed by atoms with E-state index in [1.807, 2.05) is 41.3 Å². The number of benzene rings is 2. The van der Waals surface area contributed by atoms with Crippen LogP contribution in [0.4, 0.5) is 0 Å². The van der Waals surface area contributed by atoms with E-state index in [1.165, 1.54) is 0 Å². The number of rotatable bonds is 7. The highest BCUT2D eigenvalue weighted by molar-refractivity contribution is 5.92. The maximum absolute atomic E-state index is 13.5. The van der Waals surface area contributed by atoms with Crippen molar-refractivity contribution in [2.75, 3.05) is 35.0 Å². The van der Waals surface area contributed by atoms with Gasteiger partial charge in [-0.15, -0.1) is 0 Å². The molecular formula is C28H35NO6. The van der Waals surface area contributed by atoms with Gasteiger partial charge in [0.05, 0.1) is 40.1 Å². The van der Waals surface area contributed by atoms with Crippen molar-refractivity contribution in [1.29, 1.82) is 0 Å². The average Bonchev–Trinajstić information content (AvgIpc) is 2.90. The molecule has 0 radical (unpaired) electrons. The molecule has 4 rings (SSSR count). The lowest BCUT2D eigenvalue weighted by Crippen LogP contribution is -2.56. The third-order valence-electron chi connectivity index (χ3n) is 7.41. The lowest BCUT2D eigenvalue weighted by Gasteiger charge is -2.52. The van der Waals surface area contributed by atoms with E-state index in [0.29, 0.717) is 30.2 Å². The lowest BCUT2D eigenvalue weighted by molar-refractivity contribution is -0.150. The zero-order valence-electron chi connectivity index (χ0n) is 21.0. The Labute approximate surface area is 207 Å². The van der Waals surface area contributed by atoms with E-state index in [9.17, 15) is 9.90 Å². The molecule has 2 aromatic rings. The molecule has 0 spiro atoms. The number of carbonyl (C=O) groups is 1. The number of methoxy groups -OCH3 is 4. The second-order valence-corrected chi connectivity index (χ2v) is 9.25. The van der Waals surface area contributed by atoms with Crippen LogP contribution in [-0.2, 0) is 4.79 Å². The van der Waals surface area contributed by atoms with Gasteiger partial charge in [-0.3, -0.25) is 4.79 Å². The van der Waals surface area contributed by atoms with Crippen LogP contribution in [0.1, 0.15) is 49.3 Å². The van der Waals surface area contributed by atoms with Crippen molar-refractivity contribution in [3.05, 3.63) is 53.6 Å². The van der Waals surface area contributed by atoms with Gasteiger partial charge in [-0.05, 0) is 60.7 Å². The normalized spacial score (nSPS) is 24.1. The number of nitrogens with zero attached hydrogens (tertiary/aromatic N) is 1. The van der Waals surface area contributed by atoms with Gasteiger partial charge in [-0.25, -0.2) is 0 Å². The summed E-state index contributed by atoms with van der Waals surface area (Å²) in [6.45, 7) is 0.502. The first-order valence-electron chi connectivity index (χ1n) is 12.1. The first kappa shape index (κ1) is 24.9. The fraction of sp³-hybridized carbons (Fsp3) is 0.464. The van der Waals surface area contributed by atoms with E-state index in [-0.39, 0.29) is 17.9 Å². The molecule has 0 unspecified atom stereocenters. The standard InChI is InChI=1S/C28H35NO6/c1-32-21-11-9-20(10-12-21)26-22-7-5-6-14-28(22,31)15-16-29(26)25(30)13-8-19-17-23(33-2)27(35-4)24(18-19)34-3/h8-13,17-18,22,26,31H,5-7,14-16H2,1-4H3/b13-8+/t22-,26-,28-/m0/s1. The Morgan fingerprint density at radius 3 is 2.26 bits per heavy atom. The Morgan fingerprint density at radius 1 is 0.971 bits per heavy atom. The minimum Gasteiger partial charge on any atom is -0.497 e. The van der Waals surface area contributed by atoms with Gasteiger partial charge in [0.2, 0.25) is 11.7 Å². The number of likely N-dealkylation sites (tertiary alicyclic amines) is 1. The molecule has 1 aliphatic carbocycles. The van der Waals surface area contributed by atoms with Crippen molar-refractivity contribution in [1.82, 2.24) is 4.90 Å². The Balaban J connectivity index is 1.65. The number of fused-ring (bicyclic) bond motifs is 1. The van der Waals surface area contributed by atoms with Gasteiger partial charge >= 0.3 is 0 Å². The summed E-state index contributed by atoms with van der Waals surface area (Å²) >= 11 is 0. The smallest absolute Gasteiger partial charge is 0.247 e. The molecule has 35 heavy (non-hydrogen) atoms. The summed E-state index contributed by atoms with van der Waals surface area (Å²) in [5.41, 5.74) is 1.05. The molecule has 7 nitrogen and oxygen atoms in total. The predicted octanol–water partition coefficient (Wildman–Crippen LogP) is 4.63. The van der Waals surface area contributed by atoms with Crippen LogP contribution in [0, 0.1) is 5.92 Å². The lowest BCUT2D eigenvalue weighted by atomic mass is 9.66. The molecule has 3 atom stereocenters. The van der Waals surface area contributed by atoms with Crippen molar-refractivity contribution in [2.24, 2.45) is 5.92 Å². The largest absolute Gasteiger partial charge is 0.497 e. The summed E-state index contributed by atoms with van der Waals surface area (Å²) in [6.07, 6.45) is 7.71. The van der Waals surface area contributed by atoms with Crippen LogP contribution in [0.25, 0.3) is 6.08 Å². The van der Waals surface area contributed by atoms with Gasteiger partial charge in [0, 0.05) is 18.5 Å². The zero-order valence-corrected chi connectivity index (χ0v) is 21.0. The Morgan fingerprint density at radius 2 is 1.66 bits per heavy atom. The summed E-state index contributed by atoms with van der Waals surface area (Å²) in [7, 11) is 6.32. The van der Waals surface area contributed by atoms with E-state index in [2.05, 4.69) is 0 Å². The third kappa shape index (κ3) is 4.96. The molecule has 0 aromatic heterocycles. The summed E-state index contributed by atoms with van der Waals surface area (Å²) in [5, 5.41) is 11.5. The first-order valence-corrected chi connectivity index (χ1v) is 12.1. The van der Waals surface area contributed by atoms with Crippen molar-refractivity contribution in [3.63, 3.8) is 0 Å². The first-order chi connectivity index (χ1) is 16.9. The molecular weight excluding hydrogens is 446 g/mol. The fourth-order valence-corrected chi connectivity index (χ4v) is 5.60. The molecule has 188 valence electrons. The third-order valence-corrected chi connectivity index (χ3v) is 7.41. The van der Waals surface area contributed by atoms with Crippen LogP contribution in [-0.4, -0.2) is 56.5 Å². The highest BCUT2D eigenvalue weighted by atomic mass is 16.5. The van der Waals surface area contributed by atoms with Gasteiger partial charge in [0.1, 0.15) is 5.75 Å². The minimum atomic E-state index is -0.736. The van der Waals surface area contributed by atoms with Crippen LogP contribution in [0.15, 0.2) is 42.5 Å². The minimum absolute atomic E-state index is 0.00285. The van der Waals surface area contributed by atoms with Crippen LogP contribution in [0.5, 0.6) is 23.0 Å². The van der Waals surface area contributed by atoms with Gasteiger partial charge in [0.25, 0.3) is 0 Å². The number of carbonyl (C=O) groups excluding carboxylic acids is 1. The molecule has 1 amide bonds. The van der Waals surface area contributed by atoms with Crippen molar-refractivity contribution >= 4 is 12.0 Å². The molecule has 1 heterocycles. The Hall–Kier alpha value is -3.19. The summed E-state index contributed by atoms with van der Waals surface area (Å²) in [6, 6.07) is 11.3. The fourth-order valence-electron chi connectivity index (χ4n) is 5.60. The topological polar surface area (TPSA) is 77.5 Å². The van der Waals surface area contributed by atoms with E-state index < -0.39 is 5.60 Å². The van der Waals surface area contributed by atoms with Crippen LogP contribution < -0.4 is 18.9 Å². The molecule has 7 heteroatoms.